The van der Waals surface area contributed by atoms with Gasteiger partial charge in [-0.1, -0.05) is 0 Å². The number of carbonyl (C=O) groups is 1. The van der Waals surface area contributed by atoms with Crippen LogP contribution in [-0.4, -0.2) is 69.7 Å². The number of ether oxygens (including phenoxy) is 1. The molecular formula is C29H32FN6O3W-. The number of aryl methyl sites for hydroxylation is 1. The Balaban J connectivity index is 0.000000680. The van der Waals surface area contributed by atoms with Crippen LogP contribution in [0.3, 0.4) is 0 Å². The third-order valence-electron chi connectivity index (χ3n) is 6.92. The number of piperidine rings is 1. The fourth-order valence-electron chi connectivity index (χ4n) is 4.55. The number of aliphatic hydroxyl groups is 1. The number of halogens is 1. The molecule has 11 heteroatoms. The van der Waals surface area contributed by atoms with Crippen molar-refractivity contribution in [3.8, 4) is 17.0 Å². The summed E-state index contributed by atoms with van der Waals surface area (Å²) in [5.41, 5.74) is 4.23. The van der Waals surface area contributed by atoms with E-state index in [2.05, 4.69) is 27.0 Å². The molecule has 0 unspecified atom stereocenters. The van der Waals surface area contributed by atoms with E-state index in [9.17, 15) is 14.3 Å². The molecule has 0 atom stereocenters. The number of likely N-dealkylation sites (tertiary alicyclic amines) is 1. The minimum absolute atomic E-state index is 0. The van der Waals surface area contributed by atoms with Gasteiger partial charge in [-0.05, 0) is 61.7 Å². The number of carbonyl (C=O) groups excluding carboxylic acids is 1. The minimum atomic E-state index is -0.446. The average molecular weight is 715 g/mol. The van der Waals surface area contributed by atoms with Crippen molar-refractivity contribution in [1.29, 1.82) is 0 Å². The zero-order valence-electron chi connectivity index (χ0n) is 22.4. The van der Waals surface area contributed by atoms with Crippen LogP contribution in [0.5, 0.6) is 5.75 Å². The van der Waals surface area contributed by atoms with Crippen LogP contribution >= 0.6 is 0 Å². The van der Waals surface area contributed by atoms with Crippen LogP contribution < -0.4 is 15.4 Å². The van der Waals surface area contributed by atoms with Crippen molar-refractivity contribution < 1.29 is 40.1 Å². The maximum Gasteiger partial charge on any atom is 0.254 e. The number of hydrogen-bond acceptors (Lipinski definition) is 7. The van der Waals surface area contributed by atoms with E-state index in [1.54, 1.807) is 35.6 Å². The van der Waals surface area contributed by atoms with Crippen molar-refractivity contribution in [2.45, 2.75) is 25.9 Å². The molecule has 2 aliphatic rings. The molecule has 9 nitrogen and oxygen atoms in total. The first-order valence-corrected chi connectivity index (χ1v) is 13.0. The molecule has 2 aromatic carbocycles. The molecule has 4 heterocycles. The summed E-state index contributed by atoms with van der Waals surface area (Å²) < 4.78 is 21.1. The SMILES string of the molecule is COc1ccc(-c2cnc3c(Nc4ccc(C(=O)N5CCC(O)CC5)c(C)c4)nccn23)cc1F.[CH-]1CNC1.[W]. The number of aromatic nitrogens is 3. The molecule has 6 rings (SSSR count). The normalized spacial score (nSPS) is 14.9. The molecule has 1 amide bonds. The van der Waals surface area contributed by atoms with Crippen molar-refractivity contribution in [2.75, 3.05) is 38.6 Å². The van der Waals surface area contributed by atoms with Crippen LogP contribution in [0.2, 0.25) is 0 Å². The van der Waals surface area contributed by atoms with Gasteiger partial charge in [-0.25, -0.2) is 14.4 Å². The van der Waals surface area contributed by atoms with Gasteiger partial charge in [0.15, 0.2) is 23.0 Å². The van der Waals surface area contributed by atoms with Crippen molar-refractivity contribution in [1.82, 2.24) is 24.6 Å². The van der Waals surface area contributed by atoms with E-state index >= 15 is 0 Å². The fourth-order valence-corrected chi connectivity index (χ4v) is 4.55. The molecule has 0 bridgehead atoms. The molecule has 4 aromatic rings. The smallest absolute Gasteiger partial charge is 0.254 e. The summed E-state index contributed by atoms with van der Waals surface area (Å²) in [6, 6.07) is 10.3. The Hall–Kier alpha value is -3.33. The molecular weight excluding hydrogens is 683 g/mol. The number of anilines is 2. The second kappa shape index (κ2) is 13.3. The van der Waals surface area contributed by atoms with Gasteiger partial charge < -0.3 is 31.8 Å². The number of benzene rings is 2. The Morgan fingerprint density at radius 3 is 2.52 bits per heavy atom. The predicted octanol–water partition coefficient (Wildman–Crippen LogP) is 3.98. The molecule has 40 heavy (non-hydrogen) atoms. The van der Waals surface area contributed by atoms with Crippen LogP contribution in [0.1, 0.15) is 28.8 Å². The van der Waals surface area contributed by atoms with Crippen LogP contribution in [-0.2, 0) is 21.1 Å². The number of methoxy groups -OCH3 is 1. The summed E-state index contributed by atoms with van der Waals surface area (Å²) in [7, 11) is 1.43. The van der Waals surface area contributed by atoms with Crippen molar-refractivity contribution >= 4 is 23.1 Å². The second-order valence-corrected chi connectivity index (χ2v) is 9.59. The van der Waals surface area contributed by atoms with Gasteiger partial charge in [0.2, 0.25) is 0 Å². The number of nitrogens with zero attached hydrogens (tertiary/aromatic N) is 4. The number of aliphatic hydroxyl groups excluding tert-OH is 1. The molecule has 0 saturated carbocycles. The maximum absolute atomic E-state index is 14.3. The fraction of sp³-hybridized carbons (Fsp3) is 0.310. The van der Waals surface area contributed by atoms with Gasteiger partial charge >= 0.3 is 0 Å². The van der Waals surface area contributed by atoms with Gasteiger partial charge in [0.25, 0.3) is 5.91 Å². The second-order valence-electron chi connectivity index (χ2n) is 9.59. The third kappa shape index (κ3) is 6.51. The summed E-state index contributed by atoms with van der Waals surface area (Å²) in [5, 5.41) is 16.0. The first-order chi connectivity index (χ1) is 18.9. The standard InChI is InChI=1S/C26H26FN5O3.C3H6N.W/c1-16-13-18(4-5-20(16)26(34)31-10-7-19(33)8-11-31)30-24-25-29-15-22(32(25)12-9-28-24)17-3-6-23(35-2)21(27)14-17;1-2-4-3-1;/h3-6,9,12-15,19,33H,7-8,10-11H2,1-2H3,(H,28,30);1,4H,2-3H2;/q;-1;. The molecule has 3 N–H and O–H groups in total. The number of rotatable bonds is 5. The number of imidazole rings is 1. The molecule has 210 valence electrons. The summed E-state index contributed by atoms with van der Waals surface area (Å²) in [6.07, 6.45) is 8.18. The Labute approximate surface area is 247 Å². The molecule has 0 aliphatic carbocycles. The summed E-state index contributed by atoms with van der Waals surface area (Å²) >= 11 is 0. The minimum Gasteiger partial charge on any atom is -0.494 e. The number of amides is 1. The largest absolute Gasteiger partial charge is 0.494 e. The number of hydrogen-bond donors (Lipinski definition) is 3. The Bertz CT molecular complexity index is 1460. The van der Waals surface area contributed by atoms with Gasteiger partial charge in [-0.3, -0.25) is 9.20 Å². The summed E-state index contributed by atoms with van der Waals surface area (Å²) in [6.45, 7) is 5.27. The Morgan fingerprint density at radius 1 is 1.18 bits per heavy atom. The quantitative estimate of drug-likeness (QED) is 0.269. The van der Waals surface area contributed by atoms with Gasteiger partial charge in [0, 0.05) is 63.4 Å². The van der Waals surface area contributed by atoms with Crippen molar-refractivity contribution in [2.24, 2.45) is 0 Å². The van der Waals surface area contributed by atoms with Crippen LogP contribution in [0, 0.1) is 19.2 Å². The third-order valence-corrected chi connectivity index (χ3v) is 6.92. The van der Waals surface area contributed by atoms with E-state index in [4.69, 9.17) is 4.74 Å². The first-order valence-electron chi connectivity index (χ1n) is 13.0. The van der Waals surface area contributed by atoms with Crippen molar-refractivity contribution in [3.05, 3.63) is 78.4 Å². The molecule has 2 aliphatic heterocycles. The van der Waals surface area contributed by atoms with E-state index in [0.29, 0.717) is 48.5 Å². The zero-order chi connectivity index (χ0) is 27.4. The molecule has 0 radical (unpaired) electrons. The monoisotopic (exact) mass is 715 g/mol. The number of nitrogens with one attached hydrogen (secondary N) is 2. The predicted molar refractivity (Wildman–Crippen MR) is 148 cm³/mol. The first kappa shape index (κ1) is 29.6. The van der Waals surface area contributed by atoms with Crippen LogP contribution in [0.4, 0.5) is 15.9 Å². The van der Waals surface area contributed by atoms with Gasteiger partial charge in [-0.2, -0.15) is 0 Å². The topological polar surface area (TPSA) is 104 Å². The average Bonchev–Trinajstić information content (AvgIpc) is 3.33. The van der Waals surface area contributed by atoms with Crippen molar-refractivity contribution in [3.63, 3.8) is 0 Å². The maximum atomic E-state index is 14.3. The Kier molecular flexibility index (Phi) is 9.89. The van der Waals surface area contributed by atoms with E-state index in [1.807, 2.05) is 29.5 Å². The van der Waals surface area contributed by atoms with Crippen LogP contribution in [0.15, 0.2) is 55.0 Å². The molecule has 0 spiro atoms. The summed E-state index contributed by atoms with van der Waals surface area (Å²) in [4.78, 5) is 23.7. The van der Waals surface area contributed by atoms with E-state index in [1.165, 1.54) is 13.2 Å². The molecule has 2 fully saturated rings. The zero-order valence-corrected chi connectivity index (χ0v) is 25.4. The summed E-state index contributed by atoms with van der Waals surface area (Å²) in [5.74, 6) is 0.252. The molecule has 2 aromatic heterocycles. The number of fused-ring (bicyclic) bond motifs is 1. The van der Waals surface area contributed by atoms with E-state index in [0.717, 1.165) is 30.0 Å². The van der Waals surface area contributed by atoms with E-state index < -0.39 is 5.82 Å². The Morgan fingerprint density at radius 2 is 1.90 bits per heavy atom. The van der Waals surface area contributed by atoms with E-state index in [-0.39, 0.29) is 38.8 Å². The molecule has 2 saturated heterocycles. The van der Waals surface area contributed by atoms with Gasteiger partial charge in [0.1, 0.15) is 0 Å². The van der Waals surface area contributed by atoms with Crippen LogP contribution in [0.25, 0.3) is 16.9 Å². The van der Waals surface area contributed by atoms with Gasteiger partial charge in [0.05, 0.1) is 25.1 Å². The van der Waals surface area contributed by atoms with Gasteiger partial charge in [-0.15, -0.1) is 13.1 Å².